The lowest BCUT2D eigenvalue weighted by Crippen LogP contribution is -2.38. The number of hydrogen-bond donors (Lipinski definition) is 0. The van der Waals surface area contributed by atoms with E-state index in [2.05, 4.69) is 15.9 Å². The molecule has 0 spiro atoms. The molecule has 1 amide bonds. The second kappa shape index (κ2) is 5.79. The lowest BCUT2D eigenvalue weighted by molar-refractivity contribution is -0.380. The molecule has 7 heteroatoms. The summed E-state index contributed by atoms with van der Waals surface area (Å²) in [6.07, 6.45) is 1.98. The van der Waals surface area contributed by atoms with Gasteiger partial charge in [-0.2, -0.15) is 0 Å². The van der Waals surface area contributed by atoms with Crippen LogP contribution in [0.3, 0.4) is 0 Å². The summed E-state index contributed by atoms with van der Waals surface area (Å²) < 4.78 is 0. The van der Waals surface area contributed by atoms with Gasteiger partial charge < -0.3 is 4.90 Å². The molecular weight excluding hydrogens is 320 g/mol. The topological polar surface area (TPSA) is 63.4 Å². The van der Waals surface area contributed by atoms with Gasteiger partial charge in [-0.05, 0) is 24.8 Å². The van der Waals surface area contributed by atoms with Gasteiger partial charge in [-0.3, -0.25) is 14.9 Å². The molecule has 0 aromatic carbocycles. The second-order valence-electron chi connectivity index (χ2n) is 4.28. The molecule has 0 radical (unpaired) electrons. The molecule has 0 saturated carbocycles. The van der Waals surface area contributed by atoms with Crippen LogP contribution in [0.4, 0.5) is 5.00 Å². The molecule has 5 nitrogen and oxygen atoms in total. The highest BCUT2D eigenvalue weighted by Crippen LogP contribution is 2.27. The van der Waals surface area contributed by atoms with Crippen molar-refractivity contribution in [2.45, 2.75) is 12.8 Å². The number of piperidine rings is 1. The highest BCUT2D eigenvalue weighted by atomic mass is 79.9. The zero-order chi connectivity index (χ0) is 13.1. The monoisotopic (exact) mass is 332 g/mol. The van der Waals surface area contributed by atoms with Gasteiger partial charge >= 0.3 is 5.00 Å². The van der Waals surface area contributed by atoms with E-state index in [0.717, 1.165) is 42.6 Å². The summed E-state index contributed by atoms with van der Waals surface area (Å²) in [5.74, 6) is 0.549. The normalized spacial score (nSPS) is 16.8. The largest absolute Gasteiger partial charge is 0.338 e. The van der Waals surface area contributed by atoms with Crippen molar-refractivity contribution in [3.05, 3.63) is 27.1 Å². The van der Waals surface area contributed by atoms with Crippen LogP contribution < -0.4 is 0 Å². The number of halogens is 1. The molecule has 1 aromatic rings. The summed E-state index contributed by atoms with van der Waals surface area (Å²) in [7, 11) is 0. The van der Waals surface area contributed by atoms with Crippen molar-refractivity contribution in [3.63, 3.8) is 0 Å². The highest BCUT2D eigenvalue weighted by molar-refractivity contribution is 9.09. The first-order valence-corrected chi connectivity index (χ1v) is 7.65. The molecule has 0 atom stereocenters. The van der Waals surface area contributed by atoms with E-state index < -0.39 is 4.92 Å². The van der Waals surface area contributed by atoms with E-state index in [1.165, 1.54) is 6.07 Å². The number of nitro groups is 1. The van der Waals surface area contributed by atoms with Crippen LogP contribution >= 0.6 is 27.3 Å². The molecular formula is C11H13BrN2O3S. The minimum absolute atomic E-state index is 0.0219. The maximum atomic E-state index is 12.1. The van der Waals surface area contributed by atoms with Crippen LogP contribution in [0.1, 0.15) is 22.5 Å². The van der Waals surface area contributed by atoms with E-state index in [1.54, 1.807) is 11.0 Å². The Kier molecular flexibility index (Phi) is 4.34. The van der Waals surface area contributed by atoms with Gasteiger partial charge in [0, 0.05) is 24.5 Å². The van der Waals surface area contributed by atoms with Crippen molar-refractivity contribution in [3.8, 4) is 0 Å². The van der Waals surface area contributed by atoms with Gasteiger partial charge in [-0.25, -0.2) is 0 Å². The number of nitrogens with zero attached hydrogens (tertiary/aromatic N) is 2. The zero-order valence-electron chi connectivity index (χ0n) is 9.67. The molecule has 18 heavy (non-hydrogen) atoms. The fraction of sp³-hybridized carbons (Fsp3) is 0.545. The van der Waals surface area contributed by atoms with Gasteiger partial charge in [0.2, 0.25) is 0 Å². The Hall–Kier alpha value is -0.950. The van der Waals surface area contributed by atoms with Gasteiger partial charge in [-0.1, -0.05) is 27.3 Å². The first-order valence-electron chi connectivity index (χ1n) is 5.71. The van der Waals surface area contributed by atoms with E-state index in [1.807, 2.05) is 0 Å². The summed E-state index contributed by atoms with van der Waals surface area (Å²) in [6.45, 7) is 1.47. The fourth-order valence-corrected chi connectivity index (χ4v) is 3.42. The maximum Gasteiger partial charge on any atom is 0.324 e. The molecule has 1 aliphatic rings. The second-order valence-corrected chi connectivity index (χ2v) is 5.99. The van der Waals surface area contributed by atoms with Gasteiger partial charge in [0.15, 0.2) is 0 Å². The number of likely N-dealkylation sites (tertiary alicyclic amines) is 1. The van der Waals surface area contributed by atoms with Crippen LogP contribution in [-0.2, 0) is 0 Å². The Bertz CT molecular complexity index is 455. The lowest BCUT2D eigenvalue weighted by Gasteiger charge is -2.30. The number of rotatable bonds is 3. The zero-order valence-corrected chi connectivity index (χ0v) is 12.1. The van der Waals surface area contributed by atoms with Crippen LogP contribution in [0.5, 0.6) is 0 Å². The molecule has 2 heterocycles. The fourth-order valence-electron chi connectivity index (χ4n) is 1.99. The molecule has 0 unspecified atom stereocenters. The molecule has 0 aliphatic carbocycles. The molecule has 1 aliphatic heterocycles. The molecule has 0 bridgehead atoms. The van der Waals surface area contributed by atoms with E-state index in [0.29, 0.717) is 10.8 Å². The summed E-state index contributed by atoms with van der Waals surface area (Å²) in [5.41, 5.74) is 0. The SMILES string of the molecule is O=C(c1ccc([N+](=O)[O-])s1)N1CCC(CBr)CC1. The van der Waals surface area contributed by atoms with Crippen molar-refractivity contribution in [2.75, 3.05) is 18.4 Å². The van der Waals surface area contributed by atoms with Crippen molar-refractivity contribution < 1.29 is 9.72 Å². The number of carbonyl (C=O) groups excluding carboxylic acids is 1. The van der Waals surface area contributed by atoms with Crippen LogP contribution in [0.25, 0.3) is 0 Å². The van der Waals surface area contributed by atoms with Crippen molar-refractivity contribution in [2.24, 2.45) is 5.92 Å². The number of amides is 1. The number of thiophene rings is 1. The molecule has 1 aromatic heterocycles. The maximum absolute atomic E-state index is 12.1. The summed E-state index contributed by atoms with van der Waals surface area (Å²) in [6, 6.07) is 2.94. The van der Waals surface area contributed by atoms with Crippen LogP contribution in [0.15, 0.2) is 12.1 Å². The van der Waals surface area contributed by atoms with Crippen LogP contribution in [0.2, 0.25) is 0 Å². The smallest absolute Gasteiger partial charge is 0.324 e. The molecule has 98 valence electrons. The molecule has 1 fully saturated rings. The van der Waals surface area contributed by atoms with E-state index in [9.17, 15) is 14.9 Å². The standard InChI is InChI=1S/C11H13BrN2O3S/c12-7-8-3-5-13(6-4-8)11(15)9-1-2-10(18-9)14(16)17/h1-2,8H,3-7H2. The quantitative estimate of drug-likeness (QED) is 0.485. The van der Waals surface area contributed by atoms with E-state index in [4.69, 9.17) is 0 Å². The minimum atomic E-state index is -0.460. The average Bonchev–Trinajstić information content (AvgIpc) is 2.88. The van der Waals surface area contributed by atoms with E-state index >= 15 is 0 Å². The predicted molar refractivity (Wildman–Crippen MR) is 73.4 cm³/mol. The molecule has 0 N–H and O–H groups in total. The summed E-state index contributed by atoms with van der Waals surface area (Å²) in [4.78, 5) is 24.5. The van der Waals surface area contributed by atoms with Gasteiger partial charge in [-0.15, -0.1) is 0 Å². The third kappa shape index (κ3) is 2.89. The lowest BCUT2D eigenvalue weighted by atomic mass is 9.99. The average molecular weight is 333 g/mol. The van der Waals surface area contributed by atoms with Crippen molar-refractivity contribution in [1.82, 2.24) is 4.90 Å². The Morgan fingerprint density at radius 2 is 2.17 bits per heavy atom. The van der Waals surface area contributed by atoms with Crippen LogP contribution in [0, 0.1) is 16.0 Å². The van der Waals surface area contributed by atoms with Crippen molar-refractivity contribution in [1.29, 1.82) is 0 Å². The highest BCUT2D eigenvalue weighted by Gasteiger charge is 2.25. The van der Waals surface area contributed by atoms with Crippen molar-refractivity contribution >= 4 is 38.2 Å². The third-order valence-electron chi connectivity index (χ3n) is 3.10. The molecule has 2 rings (SSSR count). The summed E-state index contributed by atoms with van der Waals surface area (Å²) >= 11 is 4.41. The Morgan fingerprint density at radius 3 is 2.67 bits per heavy atom. The van der Waals surface area contributed by atoms with E-state index in [-0.39, 0.29) is 10.9 Å². The van der Waals surface area contributed by atoms with Gasteiger partial charge in [0.25, 0.3) is 5.91 Å². The van der Waals surface area contributed by atoms with Gasteiger partial charge in [0.05, 0.1) is 9.80 Å². The Morgan fingerprint density at radius 1 is 1.50 bits per heavy atom. The van der Waals surface area contributed by atoms with Crippen LogP contribution in [-0.4, -0.2) is 34.2 Å². The summed E-state index contributed by atoms with van der Waals surface area (Å²) in [5, 5.41) is 11.6. The molecule has 1 saturated heterocycles. The first kappa shape index (κ1) is 13.5. The third-order valence-corrected chi connectivity index (χ3v) is 5.04. The predicted octanol–water partition coefficient (Wildman–Crippen LogP) is 2.90. The Balaban J connectivity index is 2.01. The minimum Gasteiger partial charge on any atom is -0.338 e. The van der Waals surface area contributed by atoms with Gasteiger partial charge in [0.1, 0.15) is 0 Å². The Labute approximate surface area is 117 Å². The number of carbonyl (C=O) groups is 1. The first-order chi connectivity index (χ1) is 8.61. The number of alkyl halides is 1. The number of hydrogen-bond acceptors (Lipinski definition) is 4.